The summed E-state index contributed by atoms with van der Waals surface area (Å²) in [5.74, 6) is -0.0658. The van der Waals surface area contributed by atoms with Crippen LogP contribution < -0.4 is 15.5 Å². The Hall–Kier alpha value is -3.42. The number of amides is 3. The number of hydrogen-bond acceptors (Lipinski definition) is 4. The number of carbonyl (C=O) groups is 2. The van der Waals surface area contributed by atoms with Crippen LogP contribution in [0, 0.1) is 6.92 Å². The van der Waals surface area contributed by atoms with Crippen molar-refractivity contribution in [3.05, 3.63) is 103 Å². The van der Waals surface area contributed by atoms with Gasteiger partial charge in [-0.05, 0) is 56.3 Å². The van der Waals surface area contributed by atoms with Crippen molar-refractivity contribution >= 4 is 52.5 Å². The molecule has 3 aromatic rings. The summed E-state index contributed by atoms with van der Waals surface area (Å²) in [6.45, 7) is 3.89. The molecule has 2 aliphatic rings. The zero-order chi connectivity index (χ0) is 25.1. The number of rotatable bonds is 5. The molecule has 0 bridgehead atoms. The number of anilines is 3. The number of para-hydroxylation sites is 1. The molecule has 3 amide bonds. The molecule has 36 heavy (non-hydrogen) atoms. The summed E-state index contributed by atoms with van der Waals surface area (Å²) in [6.07, 6.45) is 8.25. The first-order valence-corrected chi connectivity index (χ1v) is 13.6. The second-order valence-electron chi connectivity index (χ2n) is 8.75. The molecule has 1 heterocycles. The van der Waals surface area contributed by atoms with Crippen molar-refractivity contribution in [2.24, 2.45) is 0 Å². The van der Waals surface area contributed by atoms with E-state index in [0.29, 0.717) is 5.69 Å². The summed E-state index contributed by atoms with van der Waals surface area (Å²) in [6, 6.07) is 23.2. The highest BCUT2D eigenvalue weighted by molar-refractivity contribution is 8.00. The Morgan fingerprint density at radius 1 is 0.917 bits per heavy atom. The van der Waals surface area contributed by atoms with Crippen LogP contribution in [0.2, 0.25) is 0 Å². The molecule has 7 heteroatoms. The number of benzene rings is 3. The van der Waals surface area contributed by atoms with Crippen LogP contribution in [0.15, 0.2) is 107 Å². The number of allylic oxidation sites excluding steroid dienone is 2. The van der Waals surface area contributed by atoms with Crippen LogP contribution in [0.4, 0.5) is 21.9 Å². The Morgan fingerprint density at radius 2 is 1.69 bits per heavy atom. The van der Waals surface area contributed by atoms with Gasteiger partial charge in [0.05, 0.1) is 22.2 Å². The lowest BCUT2D eigenvalue weighted by Crippen LogP contribution is -2.49. The molecule has 0 fully saturated rings. The van der Waals surface area contributed by atoms with Gasteiger partial charge < -0.3 is 10.6 Å². The molecule has 3 aromatic carbocycles. The average Bonchev–Trinajstić information content (AvgIpc) is 2.88. The maximum absolute atomic E-state index is 13.5. The van der Waals surface area contributed by atoms with Crippen LogP contribution in [0.5, 0.6) is 0 Å². The quantitative estimate of drug-likeness (QED) is 0.357. The fraction of sp³-hybridized carbons (Fsp3) is 0.172. The normalized spacial score (nSPS) is 18.7. The van der Waals surface area contributed by atoms with E-state index in [4.69, 9.17) is 0 Å². The summed E-state index contributed by atoms with van der Waals surface area (Å²) >= 11 is 3.24. The number of nitrogens with zero attached hydrogens (tertiary/aromatic N) is 1. The van der Waals surface area contributed by atoms with E-state index in [1.807, 2.05) is 97.6 Å². The fourth-order valence-corrected chi connectivity index (χ4v) is 6.38. The van der Waals surface area contributed by atoms with E-state index >= 15 is 0 Å². The van der Waals surface area contributed by atoms with Gasteiger partial charge in [-0.25, -0.2) is 4.79 Å². The highest BCUT2D eigenvalue weighted by Crippen LogP contribution is 2.43. The molecule has 5 rings (SSSR count). The third-order valence-corrected chi connectivity index (χ3v) is 8.45. The van der Waals surface area contributed by atoms with Crippen LogP contribution in [-0.4, -0.2) is 28.5 Å². The van der Waals surface area contributed by atoms with Gasteiger partial charge >= 0.3 is 6.03 Å². The highest BCUT2D eigenvalue weighted by atomic mass is 32.2. The van der Waals surface area contributed by atoms with Gasteiger partial charge in [0.2, 0.25) is 5.91 Å². The predicted octanol–water partition coefficient (Wildman–Crippen LogP) is 7.12. The van der Waals surface area contributed by atoms with Crippen molar-refractivity contribution in [1.82, 2.24) is 0 Å². The molecule has 3 unspecified atom stereocenters. The second-order valence-corrected chi connectivity index (χ2v) is 11.4. The zero-order valence-corrected chi connectivity index (χ0v) is 21.7. The predicted molar refractivity (Wildman–Crippen MR) is 151 cm³/mol. The summed E-state index contributed by atoms with van der Waals surface area (Å²) < 4.78 is 0. The van der Waals surface area contributed by atoms with Crippen molar-refractivity contribution in [2.75, 3.05) is 15.5 Å². The highest BCUT2D eigenvalue weighted by Gasteiger charge is 2.36. The largest absolute Gasteiger partial charge is 0.326 e. The van der Waals surface area contributed by atoms with E-state index in [2.05, 4.69) is 28.9 Å². The Kier molecular flexibility index (Phi) is 7.20. The number of urea groups is 1. The molecule has 0 saturated carbocycles. The molecule has 0 spiro atoms. The maximum Gasteiger partial charge on any atom is 0.326 e. The molecule has 0 saturated heterocycles. The number of carbonyl (C=O) groups excluding carboxylic acids is 2. The van der Waals surface area contributed by atoms with Gasteiger partial charge in [0, 0.05) is 21.2 Å². The lowest BCUT2D eigenvalue weighted by molar-refractivity contribution is -0.115. The van der Waals surface area contributed by atoms with E-state index in [-0.39, 0.29) is 28.5 Å². The minimum absolute atomic E-state index is 0.0575. The molecule has 0 aromatic heterocycles. The van der Waals surface area contributed by atoms with E-state index in [1.165, 1.54) is 11.8 Å². The zero-order valence-electron chi connectivity index (χ0n) is 20.0. The Labute approximate surface area is 220 Å². The molecule has 3 atom stereocenters. The van der Waals surface area contributed by atoms with E-state index in [1.54, 1.807) is 11.8 Å². The van der Waals surface area contributed by atoms with Crippen LogP contribution >= 0.6 is 23.5 Å². The summed E-state index contributed by atoms with van der Waals surface area (Å²) in [4.78, 5) is 30.1. The van der Waals surface area contributed by atoms with E-state index < -0.39 is 0 Å². The molecule has 2 N–H and O–H groups in total. The number of nitrogens with one attached hydrogen (secondary N) is 2. The fourth-order valence-electron chi connectivity index (χ4n) is 4.19. The molecule has 0 radical (unpaired) electrons. The van der Waals surface area contributed by atoms with Crippen molar-refractivity contribution in [2.45, 2.75) is 40.2 Å². The van der Waals surface area contributed by atoms with Crippen LogP contribution in [-0.2, 0) is 4.79 Å². The molecule has 5 nitrogen and oxygen atoms in total. The van der Waals surface area contributed by atoms with Gasteiger partial charge in [-0.1, -0.05) is 60.2 Å². The van der Waals surface area contributed by atoms with E-state index in [9.17, 15) is 9.59 Å². The summed E-state index contributed by atoms with van der Waals surface area (Å²) in [5, 5.41) is 5.91. The minimum atomic E-state index is -0.303. The van der Waals surface area contributed by atoms with Gasteiger partial charge in [-0.15, -0.1) is 23.5 Å². The first-order chi connectivity index (χ1) is 17.5. The number of hydrogen-bond donors (Lipinski definition) is 2. The molecular formula is C29H27N3O2S2. The van der Waals surface area contributed by atoms with Crippen molar-refractivity contribution < 1.29 is 9.59 Å². The van der Waals surface area contributed by atoms with Crippen molar-refractivity contribution in [3.63, 3.8) is 0 Å². The lowest BCUT2D eigenvalue weighted by Gasteiger charge is -2.40. The lowest BCUT2D eigenvalue weighted by atomic mass is 10.1. The average molecular weight is 514 g/mol. The first-order valence-electron chi connectivity index (χ1n) is 11.8. The number of aryl methyl sites for hydroxylation is 1. The van der Waals surface area contributed by atoms with E-state index in [0.717, 1.165) is 26.7 Å². The van der Waals surface area contributed by atoms with Crippen molar-refractivity contribution in [1.29, 1.82) is 0 Å². The monoisotopic (exact) mass is 513 g/mol. The third-order valence-electron chi connectivity index (χ3n) is 6.05. The summed E-state index contributed by atoms with van der Waals surface area (Å²) in [7, 11) is 0. The molecule has 1 aliphatic heterocycles. The second kappa shape index (κ2) is 10.7. The van der Waals surface area contributed by atoms with Gasteiger partial charge in [0.15, 0.2) is 0 Å². The summed E-state index contributed by atoms with van der Waals surface area (Å²) in [5.41, 5.74) is 3.53. The molecule has 182 valence electrons. The minimum Gasteiger partial charge on any atom is -0.325 e. The van der Waals surface area contributed by atoms with Gasteiger partial charge in [0.1, 0.15) is 0 Å². The SMILES string of the molecule is Cc1ccc(NC(=O)C(C)Sc2cccc(NC(=O)N3c4ccccc4SC4C=CC=CC43)c2)cc1. The number of fused-ring (bicyclic) bond motifs is 2. The standard InChI is InChI=1S/C29H27N3O2S2/c1-19-14-16-21(17-15-19)30-28(33)20(2)35-23-9-7-8-22(18-23)31-29(34)32-24-10-3-5-12-26(24)36-27-13-6-4-11-25(27)32/h3-18,20,24,26H,1-2H3,(H,30,33)(H,31,34). The Balaban J connectivity index is 1.28. The first kappa shape index (κ1) is 24.3. The van der Waals surface area contributed by atoms with Crippen LogP contribution in [0.1, 0.15) is 12.5 Å². The van der Waals surface area contributed by atoms with Gasteiger partial charge in [-0.2, -0.15) is 0 Å². The molecular weight excluding hydrogens is 486 g/mol. The van der Waals surface area contributed by atoms with Gasteiger partial charge in [-0.3, -0.25) is 9.69 Å². The van der Waals surface area contributed by atoms with Crippen molar-refractivity contribution in [3.8, 4) is 0 Å². The Bertz CT molecular complexity index is 1340. The molecule has 1 aliphatic carbocycles. The smallest absolute Gasteiger partial charge is 0.325 e. The van der Waals surface area contributed by atoms with Gasteiger partial charge in [0.25, 0.3) is 0 Å². The van der Waals surface area contributed by atoms with Crippen LogP contribution in [0.25, 0.3) is 0 Å². The topological polar surface area (TPSA) is 61.4 Å². The Morgan fingerprint density at radius 3 is 2.53 bits per heavy atom. The van der Waals surface area contributed by atoms with Crippen LogP contribution in [0.3, 0.4) is 0 Å². The number of thioether (sulfide) groups is 2. The third kappa shape index (κ3) is 5.37. The maximum atomic E-state index is 13.5.